The molecule has 1 aromatic carbocycles. The number of aliphatic imine (C=N–C) groups is 1. The highest BCUT2D eigenvalue weighted by Gasteiger charge is 2.22. The van der Waals surface area contributed by atoms with Crippen LogP contribution in [0.15, 0.2) is 47.7 Å². The van der Waals surface area contributed by atoms with Crippen LogP contribution in [0.1, 0.15) is 41.7 Å². The Balaban J connectivity index is 1.58. The summed E-state index contributed by atoms with van der Waals surface area (Å²) in [5, 5.41) is 19.5. The van der Waals surface area contributed by atoms with Crippen molar-refractivity contribution in [2.45, 2.75) is 25.8 Å². The zero-order valence-electron chi connectivity index (χ0n) is 18.5. The van der Waals surface area contributed by atoms with Crippen molar-refractivity contribution in [3.63, 3.8) is 0 Å². The third kappa shape index (κ3) is 7.37. The molecule has 0 aliphatic carbocycles. The topological polar surface area (TPSA) is 134 Å². The minimum absolute atomic E-state index is 0.0552. The molecule has 0 radical (unpaired) electrons. The summed E-state index contributed by atoms with van der Waals surface area (Å²) in [6, 6.07) is 7.30. The van der Waals surface area contributed by atoms with E-state index in [4.69, 9.17) is 9.47 Å². The van der Waals surface area contributed by atoms with Gasteiger partial charge < -0.3 is 30.5 Å². The average Bonchev–Trinajstić information content (AvgIpc) is 2.83. The van der Waals surface area contributed by atoms with Gasteiger partial charge in [0.2, 0.25) is 0 Å². The molecule has 1 aromatic heterocycles. The number of nitrogens with one attached hydrogen (secondary N) is 3. The lowest BCUT2D eigenvalue weighted by molar-refractivity contribution is -0.143. The van der Waals surface area contributed by atoms with Gasteiger partial charge in [0.1, 0.15) is 18.1 Å². The molecule has 1 aliphatic heterocycles. The van der Waals surface area contributed by atoms with Crippen molar-refractivity contribution in [3.8, 4) is 11.5 Å². The van der Waals surface area contributed by atoms with Gasteiger partial charge in [-0.15, -0.1) is 0 Å². The highest BCUT2D eigenvalue weighted by molar-refractivity contribution is 5.97. The van der Waals surface area contributed by atoms with Crippen molar-refractivity contribution in [1.82, 2.24) is 20.9 Å². The first-order valence-corrected chi connectivity index (χ1v) is 10.9. The van der Waals surface area contributed by atoms with Crippen molar-refractivity contribution >= 4 is 17.8 Å². The van der Waals surface area contributed by atoms with E-state index in [9.17, 15) is 14.7 Å². The van der Waals surface area contributed by atoms with E-state index in [1.54, 1.807) is 37.5 Å². The number of ether oxygens (including phenoxy) is 2. The maximum atomic E-state index is 12.8. The van der Waals surface area contributed by atoms with Gasteiger partial charge in [-0.2, -0.15) is 0 Å². The molecule has 0 fully saturated rings. The molecule has 4 N–H and O–H groups in total. The summed E-state index contributed by atoms with van der Waals surface area (Å²) >= 11 is 0. The summed E-state index contributed by atoms with van der Waals surface area (Å²) in [5.74, 6) is -0.00865. The number of rotatable bonds is 10. The molecule has 0 spiro atoms. The number of esters is 1. The van der Waals surface area contributed by atoms with Gasteiger partial charge in [0.15, 0.2) is 5.96 Å². The Bertz CT molecular complexity index is 967. The fourth-order valence-corrected chi connectivity index (χ4v) is 3.24. The average molecular weight is 456 g/mol. The summed E-state index contributed by atoms with van der Waals surface area (Å²) in [6.07, 6.45) is 4.14. The molecule has 2 aromatic rings. The summed E-state index contributed by atoms with van der Waals surface area (Å²) in [4.78, 5) is 33.2. The highest BCUT2D eigenvalue weighted by atomic mass is 16.5. The molecule has 176 valence electrons. The van der Waals surface area contributed by atoms with Crippen molar-refractivity contribution < 1.29 is 24.2 Å². The van der Waals surface area contributed by atoms with Crippen LogP contribution in [0.25, 0.3) is 0 Å². The Morgan fingerprint density at radius 1 is 1.30 bits per heavy atom. The van der Waals surface area contributed by atoms with Crippen LogP contribution >= 0.6 is 0 Å². The van der Waals surface area contributed by atoms with Gasteiger partial charge in [-0.3, -0.25) is 19.6 Å². The number of aromatic nitrogens is 1. The quantitative estimate of drug-likeness (QED) is 0.313. The van der Waals surface area contributed by atoms with E-state index < -0.39 is 17.9 Å². The first-order valence-electron chi connectivity index (χ1n) is 10.9. The van der Waals surface area contributed by atoms with E-state index in [-0.39, 0.29) is 24.3 Å². The first-order chi connectivity index (χ1) is 16.1. The number of guanidine groups is 1. The Morgan fingerprint density at radius 3 is 2.88 bits per heavy atom. The molecule has 0 bridgehead atoms. The molecule has 1 aliphatic rings. The number of phenolic OH excluding ortho intramolecular Hbond substituents is 1. The molecule has 10 nitrogen and oxygen atoms in total. The first kappa shape index (κ1) is 23.8. The fraction of sp³-hybridized carbons (Fsp3) is 0.391. The van der Waals surface area contributed by atoms with Crippen LogP contribution in [-0.4, -0.2) is 60.8 Å². The van der Waals surface area contributed by atoms with Crippen LogP contribution in [0.3, 0.4) is 0 Å². The number of carbonyl (C=O) groups excluding carboxylic acids is 2. The SMILES string of the molecule is CCOC(=O)CC(NC(=O)c1ccc(OCCNC2=NCCCN2)cc1O)c1cccnc1. The van der Waals surface area contributed by atoms with E-state index in [2.05, 4.69) is 25.9 Å². The largest absolute Gasteiger partial charge is 0.507 e. The number of carbonyl (C=O) groups is 2. The molecule has 2 heterocycles. The fourth-order valence-electron chi connectivity index (χ4n) is 3.24. The van der Waals surface area contributed by atoms with Gasteiger partial charge in [0, 0.05) is 31.5 Å². The van der Waals surface area contributed by atoms with Crippen LogP contribution in [0, 0.1) is 0 Å². The van der Waals surface area contributed by atoms with E-state index in [1.165, 1.54) is 12.1 Å². The van der Waals surface area contributed by atoms with Crippen molar-refractivity contribution in [2.24, 2.45) is 4.99 Å². The van der Waals surface area contributed by atoms with E-state index >= 15 is 0 Å². The predicted molar refractivity (Wildman–Crippen MR) is 122 cm³/mol. The summed E-state index contributed by atoms with van der Waals surface area (Å²) in [7, 11) is 0. The summed E-state index contributed by atoms with van der Waals surface area (Å²) < 4.78 is 10.6. The van der Waals surface area contributed by atoms with Gasteiger partial charge in [0.25, 0.3) is 5.91 Å². The molecule has 1 unspecified atom stereocenters. The lowest BCUT2D eigenvalue weighted by Gasteiger charge is -2.19. The molecule has 1 atom stereocenters. The Labute approximate surface area is 192 Å². The molecule has 33 heavy (non-hydrogen) atoms. The molecular formula is C23H29N5O5. The van der Waals surface area contributed by atoms with Gasteiger partial charge in [-0.05, 0) is 37.1 Å². The van der Waals surface area contributed by atoms with Crippen LogP contribution in [-0.2, 0) is 9.53 Å². The molecule has 0 saturated heterocycles. The standard InChI is InChI=1S/C23H29N5O5/c1-2-32-21(30)14-19(16-5-3-8-24-15-16)28-22(31)18-7-6-17(13-20(18)29)33-12-11-27-23-25-9-4-10-26-23/h3,5-8,13,15,19,29H,2,4,9-12,14H2,1H3,(H,28,31)(H2,25,26,27). The maximum Gasteiger partial charge on any atom is 0.308 e. The van der Waals surface area contributed by atoms with Crippen LogP contribution < -0.4 is 20.7 Å². The lowest BCUT2D eigenvalue weighted by Crippen LogP contribution is -2.42. The number of phenols is 1. The number of hydrogen-bond acceptors (Lipinski definition) is 9. The maximum absolute atomic E-state index is 12.8. The number of aromatic hydroxyl groups is 1. The minimum atomic E-state index is -0.650. The number of benzene rings is 1. The van der Waals surface area contributed by atoms with Gasteiger partial charge in [-0.25, -0.2) is 0 Å². The second-order valence-corrected chi connectivity index (χ2v) is 7.29. The summed E-state index contributed by atoms with van der Waals surface area (Å²) in [5.41, 5.74) is 0.724. The number of amides is 1. The highest BCUT2D eigenvalue weighted by Crippen LogP contribution is 2.25. The molecule has 1 amide bonds. The second-order valence-electron chi connectivity index (χ2n) is 7.29. The predicted octanol–water partition coefficient (Wildman–Crippen LogP) is 1.53. The monoisotopic (exact) mass is 455 g/mol. The van der Waals surface area contributed by atoms with E-state index in [1.807, 2.05) is 0 Å². The number of hydrogen-bond donors (Lipinski definition) is 4. The van der Waals surface area contributed by atoms with Gasteiger partial charge in [-0.1, -0.05) is 6.07 Å². The third-order valence-corrected chi connectivity index (χ3v) is 4.84. The summed E-state index contributed by atoms with van der Waals surface area (Å²) in [6.45, 7) is 4.55. The Hall–Kier alpha value is -3.82. The van der Waals surface area contributed by atoms with Crippen molar-refractivity contribution in [1.29, 1.82) is 0 Å². The smallest absolute Gasteiger partial charge is 0.308 e. The normalized spacial score (nSPS) is 13.8. The Morgan fingerprint density at radius 2 is 2.18 bits per heavy atom. The van der Waals surface area contributed by atoms with E-state index in [0.29, 0.717) is 24.5 Å². The third-order valence-electron chi connectivity index (χ3n) is 4.84. The number of nitrogens with zero attached hydrogens (tertiary/aromatic N) is 2. The van der Waals surface area contributed by atoms with Crippen molar-refractivity contribution in [3.05, 3.63) is 53.9 Å². The van der Waals surface area contributed by atoms with E-state index in [0.717, 1.165) is 25.5 Å². The zero-order chi connectivity index (χ0) is 23.5. The van der Waals surface area contributed by atoms with Gasteiger partial charge in [0.05, 0.1) is 31.2 Å². The van der Waals surface area contributed by atoms with Crippen LogP contribution in [0.2, 0.25) is 0 Å². The lowest BCUT2D eigenvalue weighted by atomic mass is 10.0. The van der Waals surface area contributed by atoms with Crippen molar-refractivity contribution in [2.75, 3.05) is 32.8 Å². The number of pyridine rings is 1. The van der Waals surface area contributed by atoms with Crippen LogP contribution in [0.5, 0.6) is 11.5 Å². The van der Waals surface area contributed by atoms with Gasteiger partial charge >= 0.3 is 5.97 Å². The van der Waals surface area contributed by atoms with Crippen LogP contribution in [0.4, 0.5) is 0 Å². The Kier molecular flexibility index (Phi) is 8.87. The molecule has 10 heteroatoms. The second kappa shape index (κ2) is 12.3. The molecule has 3 rings (SSSR count). The zero-order valence-corrected chi connectivity index (χ0v) is 18.5. The molecular weight excluding hydrogens is 426 g/mol. The minimum Gasteiger partial charge on any atom is -0.507 e. The molecule has 0 saturated carbocycles.